The molecule has 0 N–H and O–H groups in total. The molecule has 0 bridgehead atoms. The average molecular weight is 906 g/mol. The van der Waals surface area contributed by atoms with E-state index in [1.54, 1.807) is 0 Å². The summed E-state index contributed by atoms with van der Waals surface area (Å²) < 4.78 is 7.21. The van der Waals surface area contributed by atoms with Crippen molar-refractivity contribution in [1.82, 2.24) is 0 Å². The molecule has 2 heteroatoms. The maximum Gasteiger partial charge on any atom is 0.139 e. The molecule has 1 heterocycles. The SMILES string of the molecule is CC1(c2cccc3c2oc2cccc(N(c4ccc(-c5ccc(-c6ccccc6)cc5)cc4)c4ccc5c(c4)C(c4ccccc4)(c4ccccc4)c4ccccc4-5)c23)c2ccccc2-c2ccccc21. The number of benzene rings is 11. The van der Waals surface area contributed by atoms with Gasteiger partial charge in [0.15, 0.2) is 0 Å². The van der Waals surface area contributed by atoms with Crippen molar-refractivity contribution >= 4 is 39.0 Å². The Bertz CT molecular complexity index is 3900. The van der Waals surface area contributed by atoms with Gasteiger partial charge in [-0.05, 0) is 121 Å². The minimum absolute atomic E-state index is 0.428. The van der Waals surface area contributed by atoms with E-state index in [0.29, 0.717) is 0 Å². The lowest BCUT2D eigenvalue weighted by atomic mass is 9.67. The summed E-state index contributed by atoms with van der Waals surface area (Å²) >= 11 is 0. The van der Waals surface area contributed by atoms with Crippen LogP contribution in [0, 0.1) is 0 Å². The lowest BCUT2D eigenvalue weighted by molar-refractivity contribution is 0.638. The van der Waals surface area contributed by atoms with Crippen LogP contribution in [0.2, 0.25) is 0 Å². The molecule has 0 amide bonds. The van der Waals surface area contributed by atoms with Crippen LogP contribution in [0.25, 0.3) is 66.4 Å². The number of hydrogen-bond donors (Lipinski definition) is 0. The fraction of sp³-hybridized carbons (Fsp3) is 0.0435. The monoisotopic (exact) mass is 905 g/mol. The molecule has 2 nitrogen and oxygen atoms in total. The van der Waals surface area contributed by atoms with Gasteiger partial charge in [0.2, 0.25) is 0 Å². The molecule has 0 atom stereocenters. The molecule has 12 aromatic rings. The van der Waals surface area contributed by atoms with Crippen molar-refractivity contribution in [1.29, 1.82) is 0 Å². The van der Waals surface area contributed by atoms with Gasteiger partial charge in [0.1, 0.15) is 11.2 Å². The Morgan fingerprint density at radius 1 is 0.338 bits per heavy atom. The Labute approximate surface area is 414 Å². The summed E-state index contributed by atoms with van der Waals surface area (Å²) in [5, 5.41) is 2.17. The van der Waals surface area contributed by atoms with Crippen LogP contribution in [-0.4, -0.2) is 0 Å². The average Bonchev–Trinajstić information content (AvgIpc) is 4.07. The highest BCUT2D eigenvalue weighted by atomic mass is 16.3. The van der Waals surface area contributed by atoms with Crippen LogP contribution in [0.5, 0.6) is 0 Å². The molecule has 0 aliphatic heterocycles. The molecule has 0 spiro atoms. The van der Waals surface area contributed by atoms with Crippen LogP contribution in [0.1, 0.15) is 45.9 Å². The molecule has 0 fully saturated rings. The van der Waals surface area contributed by atoms with E-state index in [1.807, 2.05) is 0 Å². The Morgan fingerprint density at radius 2 is 0.789 bits per heavy atom. The largest absolute Gasteiger partial charge is 0.456 e. The topological polar surface area (TPSA) is 16.4 Å². The summed E-state index contributed by atoms with van der Waals surface area (Å²) in [7, 11) is 0. The summed E-state index contributed by atoms with van der Waals surface area (Å²) in [6.07, 6.45) is 0. The summed E-state index contributed by atoms with van der Waals surface area (Å²) in [4.78, 5) is 2.46. The Kier molecular flexibility index (Phi) is 9.28. The zero-order chi connectivity index (χ0) is 47.1. The zero-order valence-electron chi connectivity index (χ0n) is 39.3. The Hall–Kier alpha value is -8.98. The first-order valence-corrected chi connectivity index (χ1v) is 24.7. The van der Waals surface area contributed by atoms with Gasteiger partial charge >= 0.3 is 0 Å². The molecule has 0 radical (unpaired) electrons. The third kappa shape index (κ3) is 6.08. The Morgan fingerprint density at radius 3 is 1.39 bits per heavy atom. The number of fused-ring (bicyclic) bond motifs is 9. The van der Waals surface area contributed by atoms with Crippen molar-refractivity contribution in [3.63, 3.8) is 0 Å². The summed E-state index contributed by atoms with van der Waals surface area (Å²) in [6.45, 7) is 2.37. The molecule has 71 heavy (non-hydrogen) atoms. The van der Waals surface area contributed by atoms with Crippen molar-refractivity contribution in [3.05, 3.63) is 306 Å². The van der Waals surface area contributed by atoms with Gasteiger partial charge in [-0.1, -0.05) is 231 Å². The molecular formula is C69H47NO. The van der Waals surface area contributed by atoms with Gasteiger partial charge in [-0.2, -0.15) is 0 Å². The van der Waals surface area contributed by atoms with E-state index in [2.05, 4.69) is 279 Å². The van der Waals surface area contributed by atoms with Crippen LogP contribution in [0.3, 0.4) is 0 Å². The standard InChI is InChI=1S/C69H47NO/c1-68(59-29-14-11-25-54(59)55-26-12-15-30-60(55)68)62-32-17-28-58-66-64(33-18-34-65(66)71-67(58)62)70(52-41-39-49(40-42-52)48-37-35-47(36-38-48)46-19-5-2-6-20-46)53-43-44-57-56-27-13-16-31-61(56)69(63(57)45-53,50-21-7-3-8-22-50)51-23-9-4-10-24-51/h2-45H,1H3. The zero-order valence-corrected chi connectivity index (χ0v) is 39.3. The third-order valence-electron chi connectivity index (χ3n) is 15.7. The molecule has 334 valence electrons. The Balaban J connectivity index is 0.993. The van der Waals surface area contributed by atoms with Gasteiger partial charge in [-0.25, -0.2) is 0 Å². The number of para-hydroxylation sites is 1. The first kappa shape index (κ1) is 41.0. The van der Waals surface area contributed by atoms with Gasteiger partial charge in [0, 0.05) is 27.7 Å². The number of anilines is 3. The smallest absolute Gasteiger partial charge is 0.139 e. The summed E-state index contributed by atoms with van der Waals surface area (Å²) in [5.74, 6) is 0. The maximum absolute atomic E-state index is 7.21. The predicted molar refractivity (Wildman–Crippen MR) is 294 cm³/mol. The van der Waals surface area contributed by atoms with Crippen LogP contribution in [-0.2, 0) is 10.8 Å². The van der Waals surface area contributed by atoms with Crippen LogP contribution in [0.15, 0.2) is 271 Å². The van der Waals surface area contributed by atoms with E-state index in [4.69, 9.17) is 4.42 Å². The van der Waals surface area contributed by atoms with E-state index in [9.17, 15) is 0 Å². The van der Waals surface area contributed by atoms with Gasteiger partial charge < -0.3 is 9.32 Å². The maximum atomic E-state index is 7.21. The number of rotatable bonds is 8. The molecule has 0 saturated heterocycles. The predicted octanol–water partition coefficient (Wildman–Crippen LogP) is 18.1. The van der Waals surface area contributed by atoms with Gasteiger partial charge in [-0.3, -0.25) is 0 Å². The van der Waals surface area contributed by atoms with Crippen LogP contribution < -0.4 is 4.90 Å². The van der Waals surface area contributed by atoms with Crippen molar-refractivity contribution in [2.45, 2.75) is 17.8 Å². The van der Waals surface area contributed by atoms with Gasteiger partial charge in [0.25, 0.3) is 0 Å². The van der Waals surface area contributed by atoms with Crippen LogP contribution in [0.4, 0.5) is 17.1 Å². The normalized spacial score (nSPS) is 13.6. The molecule has 1 aromatic heterocycles. The van der Waals surface area contributed by atoms with Crippen LogP contribution >= 0.6 is 0 Å². The fourth-order valence-corrected chi connectivity index (χ4v) is 12.4. The first-order chi connectivity index (χ1) is 35.1. The second-order valence-electron chi connectivity index (χ2n) is 19.2. The number of hydrogen-bond acceptors (Lipinski definition) is 2. The van der Waals surface area contributed by atoms with E-state index in [-0.39, 0.29) is 0 Å². The van der Waals surface area contributed by atoms with E-state index >= 15 is 0 Å². The molecule has 14 rings (SSSR count). The number of furan rings is 1. The molecular weight excluding hydrogens is 859 g/mol. The fourth-order valence-electron chi connectivity index (χ4n) is 12.4. The lowest BCUT2D eigenvalue weighted by Crippen LogP contribution is -2.28. The second kappa shape index (κ2) is 16.1. The highest BCUT2D eigenvalue weighted by Gasteiger charge is 2.47. The second-order valence-corrected chi connectivity index (χ2v) is 19.2. The summed E-state index contributed by atoms with van der Waals surface area (Å²) in [5.41, 5.74) is 22.5. The summed E-state index contributed by atoms with van der Waals surface area (Å²) in [6, 6.07) is 97.9. The van der Waals surface area contributed by atoms with E-state index in [0.717, 1.165) is 50.1 Å². The van der Waals surface area contributed by atoms with Crippen molar-refractivity contribution in [2.24, 2.45) is 0 Å². The molecule has 11 aromatic carbocycles. The van der Waals surface area contributed by atoms with Gasteiger partial charge in [0.05, 0.1) is 16.5 Å². The lowest BCUT2D eigenvalue weighted by Gasteiger charge is -2.35. The van der Waals surface area contributed by atoms with Crippen molar-refractivity contribution < 1.29 is 4.42 Å². The quantitative estimate of drug-likeness (QED) is 0.151. The minimum Gasteiger partial charge on any atom is -0.456 e. The first-order valence-electron chi connectivity index (χ1n) is 24.7. The highest BCUT2D eigenvalue weighted by Crippen LogP contribution is 2.58. The molecule has 0 unspecified atom stereocenters. The molecule has 0 saturated carbocycles. The van der Waals surface area contributed by atoms with E-state index < -0.39 is 10.8 Å². The van der Waals surface area contributed by atoms with Crippen molar-refractivity contribution in [3.8, 4) is 44.5 Å². The van der Waals surface area contributed by atoms with Crippen molar-refractivity contribution in [2.75, 3.05) is 4.90 Å². The third-order valence-corrected chi connectivity index (χ3v) is 15.7. The molecule has 2 aliphatic carbocycles. The molecule has 2 aliphatic rings. The highest BCUT2D eigenvalue weighted by molar-refractivity contribution is 6.14. The van der Waals surface area contributed by atoms with E-state index in [1.165, 1.54) is 72.3 Å². The van der Waals surface area contributed by atoms with Gasteiger partial charge in [-0.15, -0.1) is 0 Å². The number of nitrogens with zero attached hydrogens (tertiary/aromatic N) is 1. The minimum atomic E-state index is -0.557.